The molecule has 0 radical (unpaired) electrons. The van der Waals surface area contributed by atoms with E-state index in [-0.39, 0.29) is 11.2 Å². The van der Waals surface area contributed by atoms with Crippen LogP contribution in [0, 0.1) is 5.92 Å². The maximum atomic E-state index is 12.1. The Labute approximate surface area is 109 Å². The van der Waals surface area contributed by atoms with Crippen molar-refractivity contribution in [3.8, 4) is 0 Å². The van der Waals surface area contributed by atoms with Crippen LogP contribution in [0.1, 0.15) is 34.1 Å². The summed E-state index contributed by atoms with van der Waals surface area (Å²) in [6.45, 7) is 10.4. The Bertz CT molecular complexity index is 253. The van der Waals surface area contributed by atoms with Gasteiger partial charge in [-0.05, 0) is 12.3 Å². The molecule has 1 amide bonds. The highest BCUT2D eigenvalue weighted by Gasteiger charge is 2.29. The van der Waals surface area contributed by atoms with Gasteiger partial charge < -0.3 is 4.90 Å². The molecule has 1 atom stereocenters. The van der Waals surface area contributed by atoms with Crippen LogP contribution < -0.4 is 0 Å². The van der Waals surface area contributed by atoms with Crippen LogP contribution >= 0.6 is 24.4 Å². The van der Waals surface area contributed by atoms with Crippen molar-refractivity contribution in [1.82, 2.24) is 4.90 Å². The van der Waals surface area contributed by atoms with Crippen LogP contribution in [0.2, 0.25) is 0 Å². The highest BCUT2D eigenvalue weighted by atomic mass is 32.2. The monoisotopic (exact) mass is 261 g/mol. The molecule has 16 heavy (non-hydrogen) atoms. The van der Waals surface area contributed by atoms with Crippen LogP contribution in [0.4, 0.5) is 0 Å². The largest absolute Gasteiger partial charge is 0.341 e. The number of hydrogen-bond acceptors (Lipinski definition) is 3. The number of carbonyl (C=O) groups excluding carboxylic acids is 1. The van der Waals surface area contributed by atoms with Gasteiger partial charge in [0, 0.05) is 23.6 Å². The van der Waals surface area contributed by atoms with E-state index in [9.17, 15) is 4.79 Å². The number of nitrogens with zero attached hydrogens (tertiary/aromatic N) is 1. The molecule has 0 aromatic carbocycles. The van der Waals surface area contributed by atoms with E-state index in [4.69, 9.17) is 0 Å². The molecule has 0 aromatic heterocycles. The van der Waals surface area contributed by atoms with Crippen molar-refractivity contribution >= 4 is 30.3 Å². The third kappa shape index (κ3) is 3.88. The van der Waals surface area contributed by atoms with E-state index in [1.54, 1.807) is 0 Å². The van der Waals surface area contributed by atoms with Crippen molar-refractivity contribution in [2.45, 2.75) is 44.1 Å². The van der Waals surface area contributed by atoms with Gasteiger partial charge in [0.25, 0.3) is 0 Å². The first kappa shape index (κ1) is 14.2. The second kappa shape index (κ2) is 5.67. The SMILES string of the molecule is CC(C)C(S)C(=O)N1CCSC(C)(C)CC1. The molecule has 2 nitrogen and oxygen atoms in total. The van der Waals surface area contributed by atoms with Gasteiger partial charge in [0.1, 0.15) is 0 Å². The molecule has 0 saturated carbocycles. The molecule has 0 spiro atoms. The zero-order valence-electron chi connectivity index (χ0n) is 10.7. The average Bonchev–Trinajstić information content (AvgIpc) is 2.37. The predicted molar refractivity (Wildman–Crippen MR) is 75.3 cm³/mol. The van der Waals surface area contributed by atoms with E-state index >= 15 is 0 Å². The van der Waals surface area contributed by atoms with Gasteiger partial charge in [0.05, 0.1) is 5.25 Å². The molecule has 0 aliphatic carbocycles. The molecule has 0 N–H and O–H groups in total. The lowest BCUT2D eigenvalue weighted by molar-refractivity contribution is -0.131. The van der Waals surface area contributed by atoms with Gasteiger partial charge in [-0.15, -0.1) is 0 Å². The first-order chi connectivity index (χ1) is 7.33. The minimum absolute atomic E-state index is 0.147. The fourth-order valence-electron chi connectivity index (χ4n) is 1.71. The molecule has 0 aromatic rings. The quantitative estimate of drug-likeness (QED) is 0.771. The number of amides is 1. The first-order valence-electron chi connectivity index (χ1n) is 5.94. The van der Waals surface area contributed by atoms with Crippen molar-refractivity contribution in [2.24, 2.45) is 5.92 Å². The smallest absolute Gasteiger partial charge is 0.235 e. The van der Waals surface area contributed by atoms with Gasteiger partial charge in [0.15, 0.2) is 0 Å². The standard InChI is InChI=1S/C12H23NOS2/c1-9(2)10(15)11(14)13-6-5-12(3,4)16-8-7-13/h9-10,15H,5-8H2,1-4H3. The van der Waals surface area contributed by atoms with Crippen LogP contribution in [-0.2, 0) is 4.79 Å². The second-order valence-corrected chi connectivity index (χ2v) is 7.73. The zero-order chi connectivity index (χ0) is 12.3. The molecule has 1 heterocycles. The Kier molecular flexibility index (Phi) is 5.05. The summed E-state index contributed by atoms with van der Waals surface area (Å²) in [5.41, 5.74) is 0. The van der Waals surface area contributed by atoms with Gasteiger partial charge in [-0.1, -0.05) is 27.7 Å². The lowest BCUT2D eigenvalue weighted by atomic mass is 10.1. The Morgan fingerprint density at radius 3 is 2.56 bits per heavy atom. The molecule has 1 rings (SSSR count). The fraction of sp³-hybridized carbons (Fsp3) is 0.917. The van der Waals surface area contributed by atoms with E-state index in [2.05, 4.69) is 26.5 Å². The minimum Gasteiger partial charge on any atom is -0.341 e. The lowest BCUT2D eigenvalue weighted by Gasteiger charge is -2.26. The summed E-state index contributed by atoms with van der Waals surface area (Å²) in [6.07, 6.45) is 1.07. The van der Waals surface area contributed by atoms with Gasteiger partial charge in [0.2, 0.25) is 5.91 Å². The van der Waals surface area contributed by atoms with Crippen LogP contribution in [0.5, 0.6) is 0 Å². The van der Waals surface area contributed by atoms with Crippen LogP contribution in [0.15, 0.2) is 0 Å². The summed E-state index contributed by atoms with van der Waals surface area (Å²) in [5, 5.41) is -0.147. The van der Waals surface area contributed by atoms with Crippen molar-refractivity contribution < 1.29 is 4.79 Å². The number of hydrogen-bond donors (Lipinski definition) is 1. The maximum absolute atomic E-state index is 12.1. The molecule has 1 saturated heterocycles. The number of carbonyl (C=O) groups is 1. The number of thiol groups is 1. The maximum Gasteiger partial charge on any atom is 0.235 e. The van der Waals surface area contributed by atoms with Crippen molar-refractivity contribution in [2.75, 3.05) is 18.8 Å². The van der Waals surface area contributed by atoms with E-state index in [0.29, 0.717) is 10.7 Å². The van der Waals surface area contributed by atoms with Crippen molar-refractivity contribution in [3.63, 3.8) is 0 Å². The molecule has 1 aliphatic heterocycles. The van der Waals surface area contributed by atoms with Crippen LogP contribution in [0.3, 0.4) is 0 Å². The normalized spacial score (nSPS) is 23.0. The second-order valence-electron chi connectivity index (χ2n) is 5.37. The summed E-state index contributed by atoms with van der Waals surface area (Å²) in [5.74, 6) is 1.55. The number of thioether (sulfide) groups is 1. The summed E-state index contributed by atoms with van der Waals surface area (Å²) in [4.78, 5) is 14.1. The first-order valence-corrected chi connectivity index (χ1v) is 7.44. The highest BCUT2D eigenvalue weighted by molar-refractivity contribution is 8.00. The fourth-order valence-corrected chi connectivity index (χ4v) is 2.98. The van der Waals surface area contributed by atoms with Gasteiger partial charge in [-0.3, -0.25) is 4.79 Å². The summed E-state index contributed by atoms with van der Waals surface area (Å²) in [6, 6.07) is 0. The molecule has 1 unspecified atom stereocenters. The summed E-state index contributed by atoms with van der Waals surface area (Å²) < 4.78 is 0.305. The average molecular weight is 261 g/mol. The van der Waals surface area contributed by atoms with Gasteiger partial charge in [-0.2, -0.15) is 24.4 Å². The lowest BCUT2D eigenvalue weighted by Crippen LogP contribution is -2.40. The van der Waals surface area contributed by atoms with Crippen molar-refractivity contribution in [3.05, 3.63) is 0 Å². The summed E-state index contributed by atoms with van der Waals surface area (Å²) >= 11 is 6.37. The Hall–Kier alpha value is 0.170. The molecule has 1 fully saturated rings. The topological polar surface area (TPSA) is 20.3 Å². The molecule has 1 aliphatic rings. The van der Waals surface area contributed by atoms with E-state index < -0.39 is 0 Å². The van der Waals surface area contributed by atoms with E-state index in [1.165, 1.54) is 0 Å². The van der Waals surface area contributed by atoms with Crippen molar-refractivity contribution in [1.29, 1.82) is 0 Å². The van der Waals surface area contributed by atoms with E-state index in [1.807, 2.05) is 30.5 Å². The molecular weight excluding hydrogens is 238 g/mol. The third-order valence-electron chi connectivity index (χ3n) is 3.03. The predicted octanol–water partition coefficient (Wildman–Crippen LogP) is 2.68. The zero-order valence-corrected chi connectivity index (χ0v) is 12.4. The Balaban J connectivity index is 2.58. The molecule has 0 bridgehead atoms. The molecule has 4 heteroatoms. The van der Waals surface area contributed by atoms with Crippen LogP contribution in [-0.4, -0.2) is 39.6 Å². The summed E-state index contributed by atoms with van der Waals surface area (Å²) in [7, 11) is 0. The highest BCUT2D eigenvalue weighted by Crippen LogP contribution is 2.31. The molecule has 94 valence electrons. The Morgan fingerprint density at radius 1 is 1.38 bits per heavy atom. The van der Waals surface area contributed by atoms with Gasteiger partial charge in [-0.25, -0.2) is 0 Å². The minimum atomic E-state index is -0.147. The molecular formula is C12H23NOS2. The third-order valence-corrected chi connectivity index (χ3v) is 5.22. The van der Waals surface area contributed by atoms with Gasteiger partial charge >= 0.3 is 0 Å². The number of rotatable bonds is 2. The van der Waals surface area contributed by atoms with Crippen LogP contribution in [0.25, 0.3) is 0 Å². The Morgan fingerprint density at radius 2 is 2.00 bits per heavy atom. The van der Waals surface area contributed by atoms with E-state index in [0.717, 1.165) is 25.3 Å².